The van der Waals surface area contributed by atoms with Crippen LogP contribution in [0.1, 0.15) is 42.3 Å². The fourth-order valence-corrected chi connectivity index (χ4v) is 4.32. The second-order valence-corrected chi connectivity index (χ2v) is 7.66. The maximum atomic E-state index is 13.2. The van der Waals surface area contributed by atoms with Crippen LogP contribution >= 0.6 is 0 Å². The van der Waals surface area contributed by atoms with E-state index in [0.29, 0.717) is 18.7 Å². The SMILES string of the molecule is CCCN1C(=O)[C@@H]2CC[C@H]1CN(C(=O)c1cccc(-c3ccc(C)o3)c1)C2. The van der Waals surface area contributed by atoms with E-state index < -0.39 is 0 Å². The Hall–Kier alpha value is -2.56. The zero-order valence-corrected chi connectivity index (χ0v) is 16.0. The third kappa shape index (κ3) is 3.38. The Morgan fingerprint density at radius 1 is 1.19 bits per heavy atom. The van der Waals surface area contributed by atoms with E-state index >= 15 is 0 Å². The van der Waals surface area contributed by atoms with E-state index in [4.69, 9.17) is 4.42 Å². The number of rotatable bonds is 4. The summed E-state index contributed by atoms with van der Waals surface area (Å²) in [6.45, 7) is 5.94. The first-order valence-electron chi connectivity index (χ1n) is 9.83. The molecule has 5 nitrogen and oxygen atoms in total. The Kier molecular flexibility index (Phi) is 4.77. The van der Waals surface area contributed by atoms with Crippen LogP contribution in [0, 0.1) is 12.8 Å². The lowest BCUT2D eigenvalue weighted by molar-refractivity contribution is -0.139. The van der Waals surface area contributed by atoms with Gasteiger partial charge in [0.2, 0.25) is 5.91 Å². The molecule has 1 aromatic carbocycles. The zero-order chi connectivity index (χ0) is 19.0. The first-order valence-corrected chi connectivity index (χ1v) is 9.83. The summed E-state index contributed by atoms with van der Waals surface area (Å²) >= 11 is 0. The van der Waals surface area contributed by atoms with Crippen molar-refractivity contribution in [2.75, 3.05) is 19.6 Å². The molecule has 2 aromatic rings. The van der Waals surface area contributed by atoms with Crippen molar-refractivity contribution in [2.45, 2.75) is 39.2 Å². The molecule has 3 fully saturated rings. The van der Waals surface area contributed by atoms with Crippen molar-refractivity contribution in [1.29, 1.82) is 0 Å². The number of carbonyl (C=O) groups excluding carboxylic acids is 2. The Bertz CT molecular complexity index is 857. The number of hydrogen-bond acceptors (Lipinski definition) is 3. The number of fused-ring (bicyclic) bond motifs is 4. The summed E-state index contributed by atoms with van der Waals surface area (Å²) in [5.74, 6) is 1.78. The summed E-state index contributed by atoms with van der Waals surface area (Å²) in [6, 6.07) is 11.6. The first kappa shape index (κ1) is 17.8. The van der Waals surface area contributed by atoms with Crippen LogP contribution in [0.5, 0.6) is 0 Å². The van der Waals surface area contributed by atoms with Crippen LogP contribution < -0.4 is 0 Å². The smallest absolute Gasteiger partial charge is 0.253 e. The molecule has 3 aliphatic rings. The molecule has 2 amide bonds. The molecule has 1 aromatic heterocycles. The highest BCUT2D eigenvalue weighted by Crippen LogP contribution is 2.30. The minimum absolute atomic E-state index is 0.00294. The van der Waals surface area contributed by atoms with Crippen LogP contribution in [0.25, 0.3) is 11.3 Å². The van der Waals surface area contributed by atoms with Crippen molar-refractivity contribution in [2.24, 2.45) is 5.92 Å². The van der Waals surface area contributed by atoms with Gasteiger partial charge in [-0.15, -0.1) is 0 Å². The minimum Gasteiger partial charge on any atom is -0.461 e. The van der Waals surface area contributed by atoms with Crippen molar-refractivity contribution in [3.05, 3.63) is 47.7 Å². The van der Waals surface area contributed by atoms with Crippen molar-refractivity contribution in [1.82, 2.24) is 9.80 Å². The molecule has 27 heavy (non-hydrogen) atoms. The molecule has 3 aliphatic heterocycles. The van der Waals surface area contributed by atoms with Crippen molar-refractivity contribution in [3.8, 4) is 11.3 Å². The van der Waals surface area contributed by atoms with Crippen molar-refractivity contribution >= 4 is 11.8 Å². The molecule has 0 spiro atoms. The van der Waals surface area contributed by atoms with Crippen molar-refractivity contribution < 1.29 is 14.0 Å². The Balaban J connectivity index is 1.57. The quantitative estimate of drug-likeness (QED) is 0.828. The lowest BCUT2D eigenvalue weighted by Crippen LogP contribution is -2.48. The third-order valence-electron chi connectivity index (χ3n) is 5.68. The molecule has 5 rings (SSSR count). The maximum Gasteiger partial charge on any atom is 0.253 e. The molecule has 0 N–H and O–H groups in total. The second-order valence-electron chi connectivity index (χ2n) is 7.66. The van der Waals surface area contributed by atoms with Crippen LogP contribution in [0.2, 0.25) is 0 Å². The second kappa shape index (κ2) is 7.22. The topological polar surface area (TPSA) is 53.8 Å². The van der Waals surface area contributed by atoms with Crippen LogP contribution in [0.4, 0.5) is 0 Å². The molecule has 4 heterocycles. The number of aryl methyl sites for hydroxylation is 1. The number of benzene rings is 1. The Labute approximate surface area is 159 Å². The summed E-state index contributed by atoms with van der Waals surface area (Å²) in [5.41, 5.74) is 1.55. The van der Waals surface area contributed by atoms with Gasteiger partial charge in [0, 0.05) is 36.8 Å². The fraction of sp³-hybridized carbons (Fsp3) is 0.455. The van der Waals surface area contributed by atoms with Gasteiger partial charge in [0.25, 0.3) is 5.91 Å². The average molecular weight is 366 g/mol. The largest absolute Gasteiger partial charge is 0.461 e. The van der Waals surface area contributed by atoms with E-state index in [-0.39, 0.29) is 23.8 Å². The number of nitrogens with zero attached hydrogens (tertiary/aromatic N) is 2. The lowest BCUT2D eigenvalue weighted by Gasteiger charge is -2.35. The summed E-state index contributed by atoms with van der Waals surface area (Å²) in [7, 11) is 0. The molecule has 142 valence electrons. The van der Waals surface area contributed by atoms with E-state index in [1.54, 1.807) is 0 Å². The van der Waals surface area contributed by atoms with E-state index in [0.717, 1.165) is 42.9 Å². The molecule has 2 bridgehead atoms. The Morgan fingerprint density at radius 2 is 2.04 bits per heavy atom. The van der Waals surface area contributed by atoms with Gasteiger partial charge in [-0.25, -0.2) is 0 Å². The molecule has 0 aliphatic carbocycles. The molecule has 2 atom stereocenters. The Morgan fingerprint density at radius 3 is 2.78 bits per heavy atom. The van der Waals surface area contributed by atoms with Gasteiger partial charge in [0.15, 0.2) is 0 Å². The van der Waals surface area contributed by atoms with Gasteiger partial charge in [-0.05, 0) is 50.5 Å². The monoisotopic (exact) mass is 366 g/mol. The highest BCUT2D eigenvalue weighted by Gasteiger charge is 2.41. The average Bonchev–Trinajstić information content (AvgIpc) is 2.93. The maximum absolute atomic E-state index is 13.2. The standard InChI is InChI=1S/C22H26N2O3/c1-3-11-24-19-9-8-18(22(24)26)13-23(14-19)21(25)17-6-4-5-16(12-17)20-10-7-15(2)27-20/h4-7,10,12,18-19H,3,8-9,11,13-14H2,1-2H3/t18-,19+/m1/s1. The highest BCUT2D eigenvalue weighted by molar-refractivity contribution is 5.96. The van der Waals surface area contributed by atoms with Crippen LogP contribution in [-0.2, 0) is 4.79 Å². The summed E-state index contributed by atoms with van der Waals surface area (Å²) < 4.78 is 5.69. The number of hydrogen-bond donors (Lipinski definition) is 0. The van der Waals surface area contributed by atoms with Crippen LogP contribution in [0.3, 0.4) is 0 Å². The predicted molar refractivity (Wildman–Crippen MR) is 103 cm³/mol. The lowest BCUT2D eigenvalue weighted by atomic mass is 9.94. The first-order chi connectivity index (χ1) is 13.1. The van der Waals surface area contributed by atoms with Gasteiger partial charge >= 0.3 is 0 Å². The van der Waals surface area contributed by atoms with E-state index in [2.05, 4.69) is 6.92 Å². The van der Waals surface area contributed by atoms with Gasteiger partial charge < -0.3 is 14.2 Å². The normalized spacial score (nSPS) is 22.2. The molecule has 0 unspecified atom stereocenters. The van der Waals surface area contributed by atoms with Gasteiger partial charge in [0.05, 0.1) is 5.92 Å². The number of amides is 2. The van der Waals surface area contributed by atoms with Gasteiger partial charge in [-0.3, -0.25) is 9.59 Å². The number of furan rings is 1. The van der Waals surface area contributed by atoms with Gasteiger partial charge in [-0.1, -0.05) is 19.1 Å². The molecule has 0 radical (unpaired) electrons. The number of piperidine rings is 1. The zero-order valence-electron chi connectivity index (χ0n) is 16.0. The molecule has 3 saturated heterocycles. The minimum atomic E-state index is -0.0600. The predicted octanol–water partition coefficient (Wildman–Crippen LogP) is 3.73. The van der Waals surface area contributed by atoms with Crippen molar-refractivity contribution in [3.63, 3.8) is 0 Å². The molecular formula is C22H26N2O3. The van der Waals surface area contributed by atoms with E-state index in [1.807, 2.05) is 53.1 Å². The summed E-state index contributed by atoms with van der Waals surface area (Å²) in [6.07, 6.45) is 2.83. The molecule has 5 heteroatoms. The highest BCUT2D eigenvalue weighted by atomic mass is 16.3. The van der Waals surface area contributed by atoms with E-state index in [9.17, 15) is 9.59 Å². The van der Waals surface area contributed by atoms with Crippen LogP contribution in [0.15, 0.2) is 40.8 Å². The third-order valence-corrected chi connectivity index (χ3v) is 5.68. The summed E-state index contributed by atoms with van der Waals surface area (Å²) in [5, 5.41) is 0. The van der Waals surface area contributed by atoms with E-state index in [1.165, 1.54) is 0 Å². The van der Waals surface area contributed by atoms with Gasteiger partial charge in [0.1, 0.15) is 11.5 Å². The molecule has 0 saturated carbocycles. The van der Waals surface area contributed by atoms with Crippen LogP contribution in [-0.4, -0.2) is 47.3 Å². The summed E-state index contributed by atoms with van der Waals surface area (Å²) in [4.78, 5) is 29.8. The number of carbonyl (C=O) groups is 2. The molecular weight excluding hydrogens is 340 g/mol. The van der Waals surface area contributed by atoms with Gasteiger partial charge in [-0.2, -0.15) is 0 Å². The fourth-order valence-electron chi connectivity index (χ4n) is 4.32.